The largest absolute Gasteiger partial charge is 0.495 e. The Kier molecular flexibility index (Phi) is 4.93. The fourth-order valence-electron chi connectivity index (χ4n) is 2.35. The summed E-state index contributed by atoms with van der Waals surface area (Å²) in [5, 5.41) is 0. The quantitative estimate of drug-likeness (QED) is 0.450. The molecule has 1 heterocycles. The second-order valence-corrected chi connectivity index (χ2v) is 7.70. The van der Waals surface area contributed by atoms with Crippen LogP contribution in [0.15, 0.2) is 12.1 Å². The van der Waals surface area contributed by atoms with E-state index in [0.717, 1.165) is 6.07 Å². The molecular weight excluding hydrogens is 354 g/mol. The Morgan fingerprint density at radius 1 is 1.16 bits per heavy atom. The van der Waals surface area contributed by atoms with Gasteiger partial charge in [0.25, 0.3) is 0 Å². The number of carbonyl (C=O) groups excluding carboxylic acids is 1. The van der Waals surface area contributed by atoms with Gasteiger partial charge in [-0.2, -0.15) is 8.42 Å². The van der Waals surface area contributed by atoms with E-state index >= 15 is 0 Å². The third kappa shape index (κ3) is 3.96. The molecule has 1 fully saturated rings. The van der Waals surface area contributed by atoms with Crippen LogP contribution in [-0.2, 0) is 24.5 Å². The Morgan fingerprint density at radius 2 is 1.68 bits per heavy atom. The Bertz CT molecular complexity index is 788. The summed E-state index contributed by atoms with van der Waals surface area (Å²) in [4.78, 5) is 11.9. The molecule has 0 amide bonds. The topological polar surface area (TPSA) is 88.1 Å². The van der Waals surface area contributed by atoms with Crippen molar-refractivity contribution in [1.29, 1.82) is 0 Å². The molecule has 0 saturated carbocycles. The molecule has 0 aromatic heterocycles. The minimum Gasteiger partial charge on any atom is -0.465 e. The third-order valence-corrected chi connectivity index (χ3v) is 4.90. The van der Waals surface area contributed by atoms with Gasteiger partial charge in [0.1, 0.15) is 5.75 Å². The van der Waals surface area contributed by atoms with Crippen LogP contribution in [0.25, 0.3) is 0 Å². The second kappa shape index (κ2) is 6.26. The molecule has 0 spiro atoms. The van der Waals surface area contributed by atoms with Gasteiger partial charge in [-0.25, -0.2) is 4.79 Å². The first-order valence-electron chi connectivity index (χ1n) is 7.50. The van der Waals surface area contributed by atoms with Crippen molar-refractivity contribution in [1.82, 2.24) is 0 Å². The van der Waals surface area contributed by atoms with Crippen LogP contribution in [0.3, 0.4) is 0 Å². The van der Waals surface area contributed by atoms with Gasteiger partial charge < -0.3 is 18.2 Å². The molecule has 138 valence electrons. The lowest BCUT2D eigenvalue weighted by atomic mass is 9.75. The van der Waals surface area contributed by atoms with Gasteiger partial charge in [0.05, 0.1) is 23.9 Å². The molecule has 1 aliphatic rings. The summed E-state index contributed by atoms with van der Waals surface area (Å²) < 4.78 is 55.6. The normalized spacial score (nSPS) is 18.9. The molecule has 1 aromatic carbocycles. The highest BCUT2D eigenvalue weighted by Crippen LogP contribution is 2.37. The molecule has 7 nitrogen and oxygen atoms in total. The number of hydrogen-bond donors (Lipinski definition) is 0. The van der Waals surface area contributed by atoms with Crippen LogP contribution in [0.2, 0.25) is 0 Å². The number of rotatable bonds is 4. The lowest BCUT2D eigenvalue weighted by molar-refractivity contribution is 0.00578. The van der Waals surface area contributed by atoms with Gasteiger partial charge in [-0.3, -0.25) is 0 Å². The molecule has 0 radical (unpaired) electrons. The van der Waals surface area contributed by atoms with E-state index in [2.05, 4.69) is 8.92 Å². The number of benzene rings is 1. The van der Waals surface area contributed by atoms with Crippen molar-refractivity contribution < 1.29 is 35.3 Å². The lowest BCUT2D eigenvalue weighted by Crippen LogP contribution is -2.41. The van der Waals surface area contributed by atoms with Crippen LogP contribution in [0.5, 0.6) is 5.75 Å². The highest BCUT2D eigenvalue weighted by molar-refractivity contribution is 7.81. The summed E-state index contributed by atoms with van der Waals surface area (Å²) in [7, 11) is -4.99. The van der Waals surface area contributed by atoms with Crippen molar-refractivity contribution in [3.05, 3.63) is 23.3 Å². The van der Waals surface area contributed by atoms with Crippen molar-refractivity contribution >= 4 is 29.1 Å². The number of carbonyl (C=O) groups is 1. The second-order valence-electron chi connectivity index (χ2n) is 6.74. The maximum Gasteiger partial charge on any atom is 0.495 e. The van der Waals surface area contributed by atoms with Gasteiger partial charge >= 0.3 is 23.6 Å². The van der Waals surface area contributed by atoms with Crippen LogP contribution in [0.1, 0.15) is 43.6 Å². The zero-order chi connectivity index (χ0) is 19.2. The number of halogens is 1. The van der Waals surface area contributed by atoms with Gasteiger partial charge in [0, 0.05) is 0 Å². The van der Waals surface area contributed by atoms with E-state index in [0.29, 0.717) is 5.46 Å². The zero-order valence-corrected chi connectivity index (χ0v) is 15.7. The summed E-state index contributed by atoms with van der Waals surface area (Å²) in [5.41, 5.74) is -0.707. The molecule has 0 bridgehead atoms. The van der Waals surface area contributed by atoms with Gasteiger partial charge in [-0.15, -0.1) is 0 Å². The van der Waals surface area contributed by atoms with Crippen molar-refractivity contribution in [2.24, 2.45) is 0 Å². The monoisotopic (exact) mass is 374 g/mol. The molecule has 0 atom stereocenters. The molecule has 1 aliphatic heterocycles. The van der Waals surface area contributed by atoms with E-state index in [4.69, 9.17) is 9.31 Å². The Hall–Kier alpha value is -1.65. The summed E-state index contributed by atoms with van der Waals surface area (Å²) in [5.74, 6) is -1.08. The predicted molar refractivity (Wildman–Crippen MR) is 88.9 cm³/mol. The van der Waals surface area contributed by atoms with Crippen molar-refractivity contribution in [3.8, 4) is 5.75 Å². The number of esters is 1. The Morgan fingerprint density at radius 3 is 2.12 bits per heavy atom. The first-order valence-corrected chi connectivity index (χ1v) is 8.81. The fourth-order valence-corrected chi connectivity index (χ4v) is 2.74. The van der Waals surface area contributed by atoms with Gasteiger partial charge in [-0.1, -0.05) is 3.89 Å². The number of methoxy groups -OCH3 is 1. The lowest BCUT2D eigenvalue weighted by Gasteiger charge is -2.32. The SMILES string of the molecule is COC(=O)c1cc(OS(=O)(=O)F)c(C)c(B2OC(C)(C)C(C)(C)O2)c1. The van der Waals surface area contributed by atoms with Crippen LogP contribution in [-0.4, -0.2) is 39.8 Å². The zero-order valence-electron chi connectivity index (χ0n) is 14.9. The van der Waals surface area contributed by atoms with E-state index < -0.39 is 34.8 Å². The van der Waals surface area contributed by atoms with Gasteiger partial charge in [-0.05, 0) is 57.8 Å². The molecule has 1 saturated heterocycles. The van der Waals surface area contributed by atoms with Crippen molar-refractivity contribution in [2.75, 3.05) is 7.11 Å². The van der Waals surface area contributed by atoms with Gasteiger partial charge in [0.15, 0.2) is 0 Å². The number of ether oxygens (including phenoxy) is 1. The average Bonchev–Trinajstić information content (AvgIpc) is 2.67. The Labute approximate surface area is 147 Å². The summed E-state index contributed by atoms with van der Waals surface area (Å²) >= 11 is 0. The molecule has 0 unspecified atom stereocenters. The minimum absolute atomic E-state index is 0.0172. The van der Waals surface area contributed by atoms with Crippen LogP contribution >= 0.6 is 0 Å². The van der Waals surface area contributed by atoms with Crippen LogP contribution < -0.4 is 9.65 Å². The summed E-state index contributed by atoms with van der Waals surface area (Å²) in [6, 6.07) is 2.54. The highest BCUT2D eigenvalue weighted by atomic mass is 32.3. The molecule has 0 N–H and O–H groups in total. The summed E-state index contributed by atoms with van der Waals surface area (Å²) in [6.07, 6.45) is 0. The van der Waals surface area contributed by atoms with E-state index in [-0.39, 0.29) is 16.9 Å². The van der Waals surface area contributed by atoms with E-state index in [1.165, 1.54) is 20.1 Å². The molecule has 1 aromatic rings. The van der Waals surface area contributed by atoms with E-state index in [1.54, 1.807) is 0 Å². The van der Waals surface area contributed by atoms with Gasteiger partial charge in [0.2, 0.25) is 0 Å². The maximum absolute atomic E-state index is 13.0. The third-order valence-electron chi connectivity index (χ3n) is 4.52. The minimum atomic E-state index is -5.27. The highest BCUT2D eigenvalue weighted by Gasteiger charge is 2.52. The Balaban J connectivity index is 2.57. The maximum atomic E-state index is 13.0. The predicted octanol–water partition coefficient (Wildman–Crippen LogP) is 1.67. The van der Waals surface area contributed by atoms with Crippen LogP contribution in [0.4, 0.5) is 3.89 Å². The molecule has 2 rings (SSSR count). The van der Waals surface area contributed by atoms with E-state index in [9.17, 15) is 17.1 Å². The molecule has 25 heavy (non-hydrogen) atoms. The average molecular weight is 374 g/mol. The van der Waals surface area contributed by atoms with Crippen molar-refractivity contribution in [3.63, 3.8) is 0 Å². The molecule has 0 aliphatic carbocycles. The van der Waals surface area contributed by atoms with E-state index in [1.807, 2.05) is 27.7 Å². The smallest absolute Gasteiger partial charge is 0.465 e. The van der Waals surface area contributed by atoms with Crippen molar-refractivity contribution in [2.45, 2.75) is 45.8 Å². The first kappa shape index (κ1) is 19.7. The fraction of sp³-hybridized carbons (Fsp3) is 0.533. The van der Waals surface area contributed by atoms with Crippen LogP contribution in [0, 0.1) is 6.92 Å². The number of hydrogen-bond acceptors (Lipinski definition) is 7. The molecule has 10 heteroatoms. The first-order chi connectivity index (χ1) is 11.3. The molecular formula is C15H20BFO7S. The summed E-state index contributed by atoms with van der Waals surface area (Å²) in [6.45, 7) is 8.89. The standard InChI is InChI=1S/C15H20BFO7S/c1-9-11(16-23-14(2,3)15(4,5)24-16)7-10(13(18)21-6)8-12(9)22-25(17,19)20/h7-8H,1-6H3.